The number of fused-ring (bicyclic) bond motifs is 2. The van der Waals surface area contributed by atoms with Crippen molar-refractivity contribution in [2.24, 2.45) is 0 Å². The van der Waals surface area contributed by atoms with Gasteiger partial charge in [-0.25, -0.2) is 0 Å². The lowest BCUT2D eigenvalue weighted by Gasteiger charge is -2.31. The van der Waals surface area contributed by atoms with E-state index in [9.17, 15) is 0 Å². The maximum Gasteiger partial charge on any atom is 0.231 e. The van der Waals surface area contributed by atoms with Gasteiger partial charge in [0.05, 0.1) is 0 Å². The molecule has 0 bridgehead atoms. The highest BCUT2D eigenvalue weighted by Gasteiger charge is 2.20. The first kappa shape index (κ1) is 14.6. The summed E-state index contributed by atoms with van der Waals surface area (Å²) in [6.45, 7) is 8.02. The van der Waals surface area contributed by atoms with Crippen molar-refractivity contribution in [1.29, 1.82) is 0 Å². The van der Waals surface area contributed by atoms with Crippen molar-refractivity contribution in [3.8, 4) is 11.5 Å². The van der Waals surface area contributed by atoms with E-state index in [-0.39, 0.29) is 0 Å². The van der Waals surface area contributed by atoms with Crippen molar-refractivity contribution >= 4 is 0 Å². The molecule has 0 saturated heterocycles. The standard InChI is InChI=1S/C20H23NO2/c1-14(2)17-5-3-4-16-12-21(9-8-18(16)17)11-15-6-7-19-20(10-15)23-13-22-19/h3-7,10,14H,8-9,11-13H2,1-2H3. The molecule has 0 fully saturated rings. The van der Waals surface area contributed by atoms with Gasteiger partial charge in [0.1, 0.15) is 0 Å². The van der Waals surface area contributed by atoms with E-state index in [0.717, 1.165) is 37.6 Å². The summed E-state index contributed by atoms with van der Waals surface area (Å²) in [5.74, 6) is 2.34. The van der Waals surface area contributed by atoms with Crippen LogP contribution in [0.15, 0.2) is 36.4 Å². The second-order valence-electron chi connectivity index (χ2n) is 6.79. The van der Waals surface area contributed by atoms with Crippen LogP contribution in [0, 0.1) is 0 Å². The first-order valence-electron chi connectivity index (χ1n) is 8.42. The SMILES string of the molecule is CC(C)c1cccc2c1CCN(Cc1ccc3c(c1)OCO3)C2. The highest BCUT2D eigenvalue weighted by atomic mass is 16.7. The van der Waals surface area contributed by atoms with Crippen LogP contribution >= 0.6 is 0 Å². The highest BCUT2D eigenvalue weighted by Crippen LogP contribution is 2.33. The predicted octanol–water partition coefficient (Wildman–Crippen LogP) is 4.10. The van der Waals surface area contributed by atoms with Crippen LogP contribution in [0.5, 0.6) is 11.5 Å². The first-order valence-corrected chi connectivity index (χ1v) is 8.42. The fourth-order valence-electron chi connectivity index (χ4n) is 3.67. The number of hydrogen-bond donors (Lipinski definition) is 0. The molecule has 2 aliphatic heterocycles. The number of hydrogen-bond acceptors (Lipinski definition) is 3. The zero-order valence-corrected chi connectivity index (χ0v) is 13.8. The normalized spacial score (nSPS) is 16.7. The van der Waals surface area contributed by atoms with Gasteiger partial charge in [0.25, 0.3) is 0 Å². The van der Waals surface area contributed by atoms with Crippen LogP contribution in [0.4, 0.5) is 0 Å². The molecule has 2 aromatic rings. The van der Waals surface area contributed by atoms with Crippen molar-refractivity contribution in [1.82, 2.24) is 4.90 Å². The van der Waals surface area contributed by atoms with Gasteiger partial charge >= 0.3 is 0 Å². The van der Waals surface area contributed by atoms with Gasteiger partial charge in [0.15, 0.2) is 11.5 Å². The Bertz CT molecular complexity index is 724. The zero-order chi connectivity index (χ0) is 15.8. The van der Waals surface area contributed by atoms with Gasteiger partial charge in [-0.15, -0.1) is 0 Å². The van der Waals surface area contributed by atoms with Gasteiger partial charge in [-0.3, -0.25) is 4.90 Å². The maximum absolute atomic E-state index is 5.49. The Labute approximate surface area is 137 Å². The van der Waals surface area contributed by atoms with E-state index in [0.29, 0.717) is 12.7 Å². The molecule has 0 amide bonds. The van der Waals surface area contributed by atoms with E-state index in [1.165, 1.54) is 16.7 Å². The molecular weight excluding hydrogens is 286 g/mol. The minimum Gasteiger partial charge on any atom is -0.454 e. The molecule has 3 heteroatoms. The first-order chi connectivity index (χ1) is 11.2. The van der Waals surface area contributed by atoms with Gasteiger partial charge in [0, 0.05) is 19.6 Å². The summed E-state index contributed by atoms with van der Waals surface area (Å²) in [5.41, 5.74) is 5.87. The third-order valence-corrected chi connectivity index (χ3v) is 4.85. The second-order valence-corrected chi connectivity index (χ2v) is 6.79. The van der Waals surface area contributed by atoms with Crippen molar-refractivity contribution in [3.05, 3.63) is 58.7 Å². The van der Waals surface area contributed by atoms with Gasteiger partial charge in [-0.2, -0.15) is 0 Å². The van der Waals surface area contributed by atoms with Gasteiger partial charge in [0.2, 0.25) is 6.79 Å². The Balaban J connectivity index is 1.51. The molecule has 23 heavy (non-hydrogen) atoms. The molecule has 0 unspecified atom stereocenters. The van der Waals surface area contributed by atoms with E-state index >= 15 is 0 Å². The maximum atomic E-state index is 5.49. The number of rotatable bonds is 3. The molecule has 0 aromatic heterocycles. The molecule has 0 atom stereocenters. The van der Waals surface area contributed by atoms with Crippen LogP contribution < -0.4 is 9.47 Å². The molecule has 120 valence electrons. The third kappa shape index (κ3) is 2.81. The Hall–Kier alpha value is -2.00. The summed E-state index contributed by atoms with van der Waals surface area (Å²) in [4.78, 5) is 2.52. The predicted molar refractivity (Wildman–Crippen MR) is 90.9 cm³/mol. The van der Waals surface area contributed by atoms with Crippen LogP contribution in [-0.2, 0) is 19.5 Å². The Morgan fingerprint density at radius 3 is 2.83 bits per heavy atom. The topological polar surface area (TPSA) is 21.7 Å². The monoisotopic (exact) mass is 309 g/mol. The van der Waals surface area contributed by atoms with Crippen molar-refractivity contribution in [3.63, 3.8) is 0 Å². The summed E-state index contributed by atoms with van der Waals surface area (Å²) >= 11 is 0. The number of nitrogens with zero attached hydrogens (tertiary/aromatic N) is 1. The highest BCUT2D eigenvalue weighted by molar-refractivity contribution is 5.44. The second kappa shape index (κ2) is 5.89. The van der Waals surface area contributed by atoms with Crippen molar-refractivity contribution in [2.45, 2.75) is 39.3 Å². The summed E-state index contributed by atoms with van der Waals surface area (Å²) in [7, 11) is 0. The number of ether oxygens (including phenoxy) is 2. The minimum atomic E-state index is 0.341. The Kier molecular flexibility index (Phi) is 3.74. The molecule has 2 aromatic carbocycles. The Morgan fingerprint density at radius 1 is 1.09 bits per heavy atom. The zero-order valence-electron chi connectivity index (χ0n) is 13.8. The van der Waals surface area contributed by atoms with Crippen LogP contribution in [0.2, 0.25) is 0 Å². The number of benzene rings is 2. The lowest BCUT2D eigenvalue weighted by molar-refractivity contribution is 0.174. The van der Waals surface area contributed by atoms with Gasteiger partial charge in [-0.05, 0) is 46.7 Å². The molecule has 0 saturated carbocycles. The third-order valence-electron chi connectivity index (χ3n) is 4.85. The van der Waals surface area contributed by atoms with E-state index in [1.54, 1.807) is 5.56 Å². The molecule has 0 aliphatic carbocycles. The Morgan fingerprint density at radius 2 is 1.96 bits per heavy atom. The molecular formula is C20H23NO2. The average molecular weight is 309 g/mol. The van der Waals surface area contributed by atoms with Crippen LogP contribution in [0.3, 0.4) is 0 Å². The summed E-state index contributed by atoms with van der Waals surface area (Å²) in [6, 6.07) is 13.1. The molecule has 0 N–H and O–H groups in total. The molecule has 0 spiro atoms. The van der Waals surface area contributed by atoms with E-state index < -0.39 is 0 Å². The summed E-state index contributed by atoms with van der Waals surface area (Å²) in [6.07, 6.45) is 1.15. The fourth-order valence-corrected chi connectivity index (χ4v) is 3.67. The van der Waals surface area contributed by atoms with Crippen LogP contribution in [-0.4, -0.2) is 18.2 Å². The van der Waals surface area contributed by atoms with Crippen molar-refractivity contribution in [2.75, 3.05) is 13.3 Å². The fraction of sp³-hybridized carbons (Fsp3) is 0.400. The quantitative estimate of drug-likeness (QED) is 0.852. The minimum absolute atomic E-state index is 0.341. The van der Waals surface area contributed by atoms with E-state index in [1.807, 2.05) is 6.07 Å². The van der Waals surface area contributed by atoms with E-state index in [2.05, 4.69) is 49.1 Å². The van der Waals surface area contributed by atoms with Crippen LogP contribution in [0.1, 0.15) is 42.0 Å². The van der Waals surface area contributed by atoms with Gasteiger partial charge in [-0.1, -0.05) is 38.1 Å². The molecule has 2 heterocycles. The lowest BCUT2D eigenvalue weighted by atomic mass is 9.89. The largest absolute Gasteiger partial charge is 0.454 e. The van der Waals surface area contributed by atoms with Gasteiger partial charge < -0.3 is 9.47 Å². The molecule has 0 radical (unpaired) electrons. The van der Waals surface area contributed by atoms with E-state index in [4.69, 9.17) is 9.47 Å². The lowest BCUT2D eigenvalue weighted by Crippen LogP contribution is -2.30. The molecule has 2 aliphatic rings. The van der Waals surface area contributed by atoms with Crippen molar-refractivity contribution < 1.29 is 9.47 Å². The summed E-state index contributed by atoms with van der Waals surface area (Å²) < 4.78 is 10.9. The smallest absolute Gasteiger partial charge is 0.231 e. The summed E-state index contributed by atoms with van der Waals surface area (Å²) in [5, 5.41) is 0. The molecule has 4 rings (SSSR count). The molecule has 3 nitrogen and oxygen atoms in total. The van der Waals surface area contributed by atoms with Crippen LogP contribution in [0.25, 0.3) is 0 Å². The average Bonchev–Trinajstić information content (AvgIpc) is 3.01.